The van der Waals surface area contributed by atoms with E-state index in [-0.39, 0.29) is 145 Å². The number of benzene rings is 2. The van der Waals surface area contributed by atoms with Crippen molar-refractivity contribution in [1.29, 1.82) is 0 Å². The summed E-state index contributed by atoms with van der Waals surface area (Å²) in [7, 11) is 0. The van der Waals surface area contributed by atoms with Crippen LogP contribution in [0, 0.1) is 30.3 Å². The van der Waals surface area contributed by atoms with Gasteiger partial charge in [0.1, 0.15) is 53.3 Å². The molecular weight excluding hydrogens is 1660 g/mol. The van der Waals surface area contributed by atoms with E-state index in [9.17, 15) is 33.2 Å². The first kappa shape index (κ1) is 91.2. The van der Waals surface area contributed by atoms with E-state index in [1.807, 2.05) is 124 Å². The minimum absolute atomic E-state index is 0.00280. The third kappa shape index (κ3) is 17.1. The fourth-order valence-corrected chi connectivity index (χ4v) is 19.5. The van der Waals surface area contributed by atoms with Crippen LogP contribution in [-0.4, -0.2) is 176 Å². The van der Waals surface area contributed by atoms with Gasteiger partial charge in [-0.3, -0.25) is 19.4 Å². The lowest BCUT2D eigenvalue weighted by Crippen LogP contribution is -2.58. The molecule has 0 spiro atoms. The highest BCUT2D eigenvalue weighted by Crippen LogP contribution is 2.63. The first-order chi connectivity index (χ1) is 60.4. The van der Waals surface area contributed by atoms with E-state index in [1.165, 1.54) is 89.6 Å². The fraction of sp³-hybridized carbons (Fsp3) is 0.427. The summed E-state index contributed by atoms with van der Waals surface area (Å²) in [5, 5.41) is 2.38. The molecule has 2 aromatic carbocycles. The predicted octanol–water partition coefficient (Wildman–Crippen LogP) is 17.0. The number of rotatable bonds is 17. The minimum Gasteiger partial charge on any atom is -0.349 e. The molecule has 5 fully saturated rings. The van der Waals surface area contributed by atoms with Crippen molar-refractivity contribution < 1.29 is 27.6 Å². The average Bonchev–Trinajstić information content (AvgIpc) is 1.59. The molecule has 31 heteroatoms. The Morgan fingerprint density at radius 2 is 0.866 bits per heavy atom. The highest BCUT2D eigenvalue weighted by molar-refractivity contribution is 6.34. The zero-order valence-electron chi connectivity index (χ0n) is 75.0. The molecule has 0 radical (unpaired) electrons. The molecule has 3 amide bonds. The molecule has 3 aliphatic heterocycles. The number of hydrogen-bond donors (Lipinski definition) is 0. The molecule has 127 heavy (non-hydrogen) atoms. The van der Waals surface area contributed by atoms with E-state index in [2.05, 4.69) is 85.3 Å². The Balaban J connectivity index is 0.000000154. The maximum absolute atomic E-state index is 15.9. The summed E-state index contributed by atoms with van der Waals surface area (Å²) in [5.74, 6) is -0.734. The molecule has 8 atom stereocenters. The summed E-state index contributed by atoms with van der Waals surface area (Å²) in [4.78, 5) is 143. The van der Waals surface area contributed by atoms with Crippen molar-refractivity contribution in [3.63, 3.8) is 0 Å². The van der Waals surface area contributed by atoms with Crippen molar-refractivity contribution in [1.82, 2.24) is 83.2 Å². The molecule has 16 rings (SSSR count). The van der Waals surface area contributed by atoms with Gasteiger partial charge < -0.3 is 29.4 Å². The van der Waals surface area contributed by atoms with E-state index >= 15 is 8.78 Å². The number of fused-ring (bicyclic) bond motifs is 4. The van der Waals surface area contributed by atoms with Gasteiger partial charge >= 0.3 is 17.1 Å². The SMILES string of the molecule is C=CC(=O)N1CC(C)N(c2nc(=O)n(-c3c(C(C)C)ncnc3C(C)C)c3nc(-c4ccccc4F)c(Cl)cc23)CC1C.C=CC(=O)N1CC(C)N(c2nc(=O)n(-c3c(C)ccnc3C(C)C)c3nc(C45CCCCC4C5)c(Cl)cc23)CC1C.C=CC(=O)N1C[C@@H](C)N(c2nc(=O)n(-c3c(C(C)C)ncnc3C(C)C)c3nc(-c4ccccc4F)c(F)cc23)[C@@H](C)C1. The first-order valence-electron chi connectivity index (χ1n) is 43.6. The van der Waals surface area contributed by atoms with E-state index in [0.717, 1.165) is 40.9 Å². The van der Waals surface area contributed by atoms with Gasteiger partial charge in [-0.2, -0.15) is 15.0 Å². The lowest BCUT2D eigenvalue weighted by molar-refractivity contribution is -0.129. The third-order valence-electron chi connectivity index (χ3n) is 25.2. The Bertz CT molecular complexity index is 6330. The molecule has 9 aromatic heterocycles. The normalized spacial score (nSPS) is 20.0. The Labute approximate surface area is 746 Å². The lowest BCUT2D eigenvalue weighted by atomic mass is 9.85. The molecule has 664 valence electrons. The molecule has 12 heterocycles. The second-order valence-electron chi connectivity index (χ2n) is 35.8. The summed E-state index contributed by atoms with van der Waals surface area (Å²) in [5.41, 5.74) is 6.42. The predicted molar refractivity (Wildman–Crippen MR) is 493 cm³/mol. The van der Waals surface area contributed by atoms with Gasteiger partial charge in [0.05, 0.1) is 83.1 Å². The number of anilines is 3. The Kier molecular flexibility index (Phi) is 26.4. The summed E-state index contributed by atoms with van der Waals surface area (Å²) >= 11 is 13.9. The fourth-order valence-electron chi connectivity index (χ4n) is 18.9. The van der Waals surface area contributed by atoms with E-state index in [1.54, 1.807) is 50.9 Å². The number of piperazine rings is 3. The van der Waals surface area contributed by atoms with Crippen molar-refractivity contribution in [2.75, 3.05) is 54.0 Å². The number of nitrogens with zero attached hydrogens (tertiary/aromatic N) is 20. The van der Waals surface area contributed by atoms with Crippen LogP contribution in [0.4, 0.5) is 30.6 Å². The van der Waals surface area contributed by atoms with Gasteiger partial charge in [0.2, 0.25) is 17.7 Å². The van der Waals surface area contributed by atoms with Crippen LogP contribution in [0.25, 0.3) is 72.7 Å². The van der Waals surface area contributed by atoms with Gasteiger partial charge in [-0.25, -0.2) is 76.1 Å². The number of carbonyl (C=O) groups excluding carboxylic acids is 3. The first-order valence-corrected chi connectivity index (χ1v) is 44.4. The van der Waals surface area contributed by atoms with Gasteiger partial charge in [0.15, 0.2) is 16.9 Å². The van der Waals surface area contributed by atoms with Crippen molar-refractivity contribution >= 4 is 91.5 Å². The topological polar surface area (TPSA) is 278 Å². The minimum atomic E-state index is -0.760. The maximum Gasteiger partial charge on any atom is 0.355 e. The zero-order valence-corrected chi connectivity index (χ0v) is 76.5. The molecule has 0 bridgehead atoms. The summed E-state index contributed by atoms with van der Waals surface area (Å²) in [6.45, 7) is 47.2. The van der Waals surface area contributed by atoms with Gasteiger partial charge in [-0.05, 0) is 176 Å². The molecule has 11 aromatic rings. The monoisotopic (exact) mass is 1760 g/mol. The number of aromatic nitrogens is 14. The van der Waals surface area contributed by atoms with Crippen LogP contribution >= 0.6 is 23.2 Å². The number of aryl methyl sites for hydroxylation is 1. The third-order valence-corrected chi connectivity index (χ3v) is 25.8. The van der Waals surface area contributed by atoms with Crippen molar-refractivity contribution in [3.8, 4) is 39.6 Å². The second kappa shape index (κ2) is 36.8. The lowest BCUT2D eigenvalue weighted by Gasteiger charge is -2.45. The number of amides is 3. The van der Waals surface area contributed by atoms with Crippen LogP contribution in [-0.2, 0) is 19.8 Å². The van der Waals surface area contributed by atoms with E-state index in [4.69, 9.17) is 38.2 Å². The molecule has 2 aliphatic carbocycles. The number of hydrogen-bond acceptors (Lipinski definition) is 20. The summed E-state index contributed by atoms with van der Waals surface area (Å²) in [6.07, 6.45) is 14.5. The number of pyridine rings is 4. The van der Waals surface area contributed by atoms with Gasteiger partial charge in [0.25, 0.3) is 0 Å². The maximum atomic E-state index is 15.9. The van der Waals surface area contributed by atoms with Gasteiger partial charge in [0, 0.05) is 98.3 Å². The molecule has 3 saturated heterocycles. The molecule has 0 N–H and O–H groups in total. The average molecular weight is 1770 g/mol. The van der Waals surface area contributed by atoms with Crippen LogP contribution in [0.3, 0.4) is 0 Å². The van der Waals surface area contributed by atoms with E-state index < -0.39 is 28.8 Å². The van der Waals surface area contributed by atoms with E-state index in [0.29, 0.717) is 107 Å². The highest BCUT2D eigenvalue weighted by Gasteiger charge is 2.58. The summed E-state index contributed by atoms with van der Waals surface area (Å²) in [6, 6.07) is 17.8. The zero-order chi connectivity index (χ0) is 91.5. The smallest absolute Gasteiger partial charge is 0.349 e. The van der Waals surface area contributed by atoms with Crippen molar-refractivity contribution in [3.05, 3.63) is 228 Å². The standard InChI is InChI=1S/C32H35ClFN7O2.C32H39ClN6O2.C32H35F2N7O2/c1-8-25(42)39-14-20(7)40(15-19(39)6)30-22-13-23(33)28(21-11-9-10-12-24(21)34)37-31(22)41(32(43)38-30)29-26(17(2)3)35-16-36-27(29)18(4)5;1-7-25(40)37-16-21(6)38(17-20(37)5)29-23-14-24(33)28(32-12-9-8-10-22(32)15-32)35-30(23)39(31(41)36-29)27-19(4)11-13-34-26(27)18(2)3;1-8-25(42)39-14-19(6)40(20(7)15-39)31-22-13-24(34)28(21-11-9-10-12-23(21)33)37-30(22)41(32(43)38-31)29-26(17(2)3)35-16-36-27(29)18(4)5/h8-13,16-20H,1,14-15H2,2-7H3;7,11,13-14,18,20-22H,1,8-10,12,15-17H2,2-6H3;8-13,16-20H,1,14-15H2,2-7H3/t;;19-,20+. The van der Waals surface area contributed by atoms with Crippen LogP contribution in [0.2, 0.25) is 10.0 Å². The number of carbonyl (C=O) groups is 3. The Hall–Kier alpha value is -12.0. The second-order valence-corrected chi connectivity index (χ2v) is 36.6. The number of halogens is 5. The van der Waals surface area contributed by atoms with Gasteiger partial charge in [-0.1, -0.05) is 149 Å². The van der Waals surface area contributed by atoms with Crippen LogP contribution in [0.1, 0.15) is 212 Å². The van der Waals surface area contributed by atoms with Crippen molar-refractivity contribution in [2.24, 2.45) is 5.92 Å². The quantitative estimate of drug-likeness (QED) is 0.0766. The molecule has 26 nitrogen and oxygen atoms in total. The van der Waals surface area contributed by atoms with Crippen LogP contribution in [0.15, 0.2) is 144 Å². The summed E-state index contributed by atoms with van der Waals surface area (Å²) < 4.78 is 50.4. The largest absolute Gasteiger partial charge is 0.355 e. The molecule has 2 saturated carbocycles. The molecule has 5 aliphatic rings. The Morgan fingerprint density at radius 3 is 1.31 bits per heavy atom. The molecule has 6 unspecified atom stereocenters. The van der Waals surface area contributed by atoms with Crippen LogP contribution in [0.5, 0.6) is 0 Å². The van der Waals surface area contributed by atoms with Gasteiger partial charge in [-0.15, -0.1) is 0 Å². The molecular formula is C96H109Cl2F3N20O6. The Morgan fingerprint density at radius 1 is 0.457 bits per heavy atom. The van der Waals surface area contributed by atoms with Crippen molar-refractivity contribution in [2.45, 2.75) is 221 Å². The highest BCUT2D eigenvalue weighted by atomic mass is 35.5. The van der Waals surface area contributed by atoms with Crippen LogP contribution < -0.4 is 31.8 Å².